The molecule has 0 radical (unpaired) electrons. The number of rotatable bonds is 7. The van der Waals surface area contributed by atoms with Gasteiger partial charge < -0.3 is 15.0 Å². The SMILES string of the molecule is CCOC(=O)CC1CCCN(C(=O)c2ccc(NC(=O)c3ccccc3-c3ccc(C)cc3)cc2)c2ccccc21. The van der Waals surface area contributed by atoms with Crippen molar-refractivity contribution in [2.24, 2.45) is 0 Å². The summed E-state index contributed by atoms with van der Waals surface area (Å²) in [6, 6.07) is 30.4. The predicted octanol–water partition coefficient (Wildman–Crippen LogP) is 7.39. The zero-order valence-corrected chi connectivity index (χ0v) is 23.4. The highest BCUT2D eigenvalue weighted by Crippen LogP contribution is 2.37. The number of nitrogens with zero attached hydrogens (tertiary/aromatic N) is 1. The van der Waals surface area contributed by atoms with Crippen molar-refractivity contribution in [2.45, 2.75) is 39.0 Å². The second-order valence-electron chi connectivity index (χ2n) is 10.3. The van der Waals surface area contributed by atoms with Crippen LogP contribution in [0.5, 0.6) is 0 Å². The third kappa shape index (κ3) is 6.38. The van der Waals surface area contributed by atoms with E-state index in [4.69, 9.17) is 4.74 Å². The number of aryl methyl sites for hydroxylation is 1. The number of hydrogen-bond acceptors (Lipinski definition) is 4. The molecule has 1 atom stereocenters. The standard InChI is InChI=1S/C35H34N2O4/c1-3-41-33(38)23-27-9-8-22-37(32-13-7-6-11-30(27)32)35(40)26-18-20-28(21-19-26)36-34(39)31-12-5-4-10-29(31)25-16-14-24(2)15-17-25/h4-7,10-21,27H,3,8-9,22-23H2,1-2H3,(H,36,39). The summed E-state index contributed by atoms with van der Waals surface area (Å²) in [6.45, 7) is 4.75. The maximum atomic E-state index is 13.7. The number of carbonyl (C=O) groups is 3. The molecule has 0 aromatic heterocycles. The molecule has 4 aromatic rings. The van der Waals surface area contributed by atoms with Crippen LogP contribution < -0.4 is 10.2 Å². The number of ether oxygens (including phenoxy) is 1. The first-order chi connectivity index (χ1) is 19.9. The molecule has 6 nitrogen and oxygen atoms in total. The third-order valence-electron chi connectivity index (χ3n) is 7.49. The number of nitrogens with one attached hydrogen (secondary N) is 1. The number of anilines is 2. The molecule has 5 rings (SSSR count). The number of para-hydroxylation sites is 1. The van der Waals surface area contributed by atoms with E-state index in [1.807, 2.05) is 79.7 Å². The quantitative estimate of drug-likeness (QED) is 0.245. The highest BCUT2D eigenvalue weighted by molar-refractivity contribution is 6.10. The summed E-state index contributed by atoms with van der Waals surface area (Å²) in [6.07, 6.45) is 1.88. The van der Waals surface area contributed by atoms with Gasteiger partial charge in [0.05, 0.1) is 13.0 Å². The molecule has 1 unspecified atom stereocenters. The molecule has 0 saturated carbocycles. The Labute approximate surface area is 241 Å². The summed E-state index contributed by atoms with van der Waals surface area (Å²) >= 11 is 0. The monoisotopic (exact) mass is 546 g/mol. The Bertz CT molecular complexity index is 1540. The average Bonchev–Trinajstić information content (AvgIpc) is 3.17. The van der Waals surface area contributed by atoms with E-state index in [-0.39, 0.29) is 23.7 Å². The second-order valence-corrected chi connectivity index (χ2v) is 10.3. The molecule has 1 aliphatic rings. The number of esters is 1. The number of hydrogen-bond donors (Lipinski definition) is 1. The molecule has 1 N–H and O–H groups in total. The summed E-state index contributed by atoms with van der Waals surface area (Å²) < 4.78 is 5.19. The van der Waals surface area contributed by atoms with Crippen LogP contribution in [0.3, 0.4) is 0 Å². The van der Waals surface area contributed by atoms with Crippen LogP contribution in [0.2, 0.25) is 0 Å². The van der Waals surface area contributed by atoms with Crippen LogP contribution in [0.15, 0.2) is 97.1 Å². The van der Waals surface area contributed by atoms with Crippen LogP contribution in [0.25, 0.3) is 11.1 Å². The summed E-state index contributed by atoms with van der Waals surface area (Å²) in [4.78, 5) is 41.0. The first-order valence-corrected chi connectivity index (χ1v) is 14.1. The predicted molar refractivity (Wildman–Crippen MR) is 162 cm³/mol. The van der Waals surface area contributed by atoms with E-state index in [2.05, 4.69) is 5.32 Å². The smallest absolute Gasteiger partial charge is 0.306 e. The van der Waals surface area contributed by atoms with E-state index in [1.165, 1.54) is 0 Å². The van der Waals surface area contributed by atoms with Crippen molar-refractivity contribution in [3.63, 3.8) is 0 Å². The van der Waals surface area contributed by atoms with Crippen molar-refractivity contribution >= 4 is 29.2 Å². The lowest BCUT2D eigenvalue weighted by Crippen LogP contribution is -2.31. The minimum atomic E-state index is -0.216. The van der Waals surface area contributed by atoms with Gasteiger partial charge in [-0.05, 0) is 85.7 Å². The Morgan fingerprint density at radius 2 is 1.59 bits per heavy atom. The molecule has 0 fully saturated rings. The summed E-state index contributed by atoms with van der Waals surface area (Å²) in [7, 11) is 0. The van der Waals surface area contributed by atoms with E-state index in [9.17, 15) is 14.4 Å². The van der Waals surface area contributed by atoms with Crippen molar-refractivity contribution in [3.05, 3.63) is 119 Å². The molecule has 0 spiro atoms. The van der Waals surface area contributed by atoms with Crippen molar-refractivity contribution in [1.82, 2.24) is 0 Å². The number of benzene rings is 4. The minimum Gasteiger partial charge on any atom is -0.466 e. The topological polar surface area (TPSA) is 75.7 Å². The maximum absolute atomic E-state index is 13.7. The summed E-state index contributed by atoms with van der Waals surface area (Å²) in [5, 5.41) is 2.98. The van der Waals surface area contributed by atoms with Gasteiger partial charge >= 0.3 is 5.97 Å². The van der Waals surface area contributed by atoms with Crippen molar-refractivity contribution in [2.75, 3.05) is 23.4 Å². The van der Waals surface area contributed by atoms with Gasteiger partial charge in [-0.2, -0.15) is 0 Å². The van der Waals surface area contributed by atoms with Crippen LogP contribution >= 0.6 is 0 Å². The van der Waals surface area contributed by atoms with Crippen molar-refractivity contribution in [3.8, 4) is 11.1 Å². The van der Waals surface area contributed by atoms with Gasteiger partial charge in [-0.15, -0.1) is 0 Å². The van der Waals surface area contributed by atoms with Gasteiger partial charge in [0.15, 0.2) is 0 Å². The third-order valence-corrected chi connectivity index (χ3v) is 7.49. The molecule has 4 aromatic carbocycles. The van der Waals surface area contributed by atoms with Crippen LogP contribution in [0.1, 0.15) is 63.9 Å². The minimum absolute atomic E-state index is 0.00317. The lowest BCUT2D eigenvalue weighted by Gasteiger charge is -2.24. The van der Waals surface area contributed by atoms with Crippen molar-refractivity contribution < 1.29 is 19.1 Å². The van der Waals surface area contributed by atoms with E-state index in [0.29, 0.717) is 36.4 Å². The first kappa shape index (κ1) is 27.8. The first-order valence-electron chi connectivity index (χ1n) is 14.1. The van der Waals surface area contributed by atoms with Gasteiger partial charge in [0.1, 0.15) is 0 Å². The number of carbonyl (C=O) groups excluding carboxylic acids is 3. The van der Waals surface area contributed by atoms with Gasteiger partial charge in [0.2, 0.25) is 0 Å². The Morgan fingerprint density at radius 3 is 2.34 bits per heavy atom. The molecular weight excluding hydrogens is 512 g/mol. The molecule has 6 heteroatoms. The van der Waals surface area contributed by atoms with E-state index < -0.39 is 0 Å². The van der Waals surface area contributed by atoms with Crippen LogP contribution in [0.4, 0.5) is 11.4 Å². The Kier molecular flexibility index (Phi) is 8.59. The van der Waals surface area contributed by atoms with Gasteiger partial charge in [-0.3, -0.25) is 14.4 Å². The molecule has 0 saturated heterocycles. The highest BCUT2D eigenvalue weighted by atomic mass is 16.5. The van der Waals surface area contributed by atoms with E-state index >= 15 is 0 Å². The summed E-state index contributed by atoms with van der Waals surface area (Å²) in [5.74, 6) is -0.541. The molecule has 1 heterocycles. The molecule has 2 amide bonds. The Balaban J connectivity index is 1.32. The van der Waals surface area contributed by atoms with Crippen molar-refractivity contribution in [1.29, 1.82) is 0 Å². The molecular formula is C35H34N2O4. The number of amides is 2. The lowest BCUT2D eigenvalue weighted by molar-refractivity contribution is -0.143. The molecule has 41 heavy (non-hydrogen) atoms. The zero-order chi connectivity index (χ0) is 28.8. The Hall–Kier alpha value is -4.71. The van der Waals surface area contributed by atoms with E-state index in [0.717, 1.165) is 40.8 Å². The normalized spacial score (nSPS) is 14.5. The van der Waals surface area contributed by atoms with E-state index in [1.54, 1.807) is 36.1 Å². The number of fused-ring (bicyclic) bond motifs is 1. The fourth-order valence-electron chi connectivity index (χ4n) is 5.41. The van der Waals surface area contributed by atoms with Gasteiger partial charge in [-0.1, -0.05) is 66.2 Å². The summed E-state index contributed by atoms with van der Waals surface area (Å²) in [5.41, 5.74) is 6.53. The van der Waals surface area contributed by atoms with Crippen LogP contribution in [0, 0.1) is 6.92 Å². The highest BCUT2D eigenvalue weighted by Gasteiger charge is 2.28. The lowest BCUT2D eigenvalue weighted by atomic mass is 9.91. The molecule has 0 bridgehead atoms. The van der Waals surface area contributed by atoms with Crippen LogP contribution in [-0.4, -0.2) is 30.9 Å². The fourth-order valence-corrected chi connectivity index (χ4v) is 5.41. The average molecular weight is 547 g/mol. The second kappa shape index (κ2) is 12.6. The Morgan fingerprint density at radius 1 is 0.878 bits per heavy atom. The van der Waals surface area contributed by atoms with Gasteiger partial charge in [0.25, 0.3) is 11.8 Å². The molecule has 208 valence electrons. The molecule has 1 aliphatic heterocycles. The fraction of sp³-hybridized carbons (Fsp3) is 0.229. The largest absolute Gasteiger partial charge is 0.466 e. The van der Waals surface area contributed by atoms with Crippen LogP contribution in [-0.2, 0) is 9.53 Å². The molecule has 0 aliphatic carbocycles. The van der Waals surface area contributed by atoms with Gasteiger partial charge in [-0.25, -0.2) is 0 Å². The van der Waals surface area contributed by atoms with Gasteiger partial charge in [0, 0.05) is 29.0 Å². The zero-order valence-electron chi connectivity index (χ0n) is 23.4. The maximum Gasteiger partial charge on any atom is 0.306 e.